The van der Waals surface area contributed by atoms with Gasteiger partial charge in [-0.25, -0.2) is 14.4 Å². The topological polar surface area (TPSA) is 97.4 Å². The molecule has 150 valence electrons. The molecule has 0 radical (unpaired) electrons. The molecule has 28 heavy (non-hydrogen) atoms. The number of hydrogen-bond donors (Lipinski definition) is 0. The third-order valence-corrected chi connectivity index (χ3v) is 4.19. The van der Waals surface area contributed by atoms with E-state index in [0.717, 1.165) is 12.8 Å². The van der Waals surface area contributed by atoms with Gasteiger partial charge in [0, 0.05) is 18.4 Å². The van der Waals surface area contributed by atoms with Gasteiger partial charge in [-0.05, 0) is 38.0 Å². The minimum absolute atomic E-state index is 0.00841. The molecule has 2 aliphatic heterocycles. The van der Waals surface area contributed by atoms with Crippen molar-refractivity contribution in [1.29, 1.82) is 0 Å². The van der Waals surface area contributed by atoms with Crippen LogP contribution >= 0.6 is 0 Å². The molecule has 2 fully saturated rings. The molecule has 0 bridgehead atoms. The molecule has 2 unspecified atom stereocenters. The standard InChI is InChI=1S/C20H22O8/c1-12(2)18(21)26-15-10-13(19(22)27-16-5-3-7-24-16)9-14(11-15)20(23)28-17-6-4-8-25-17/h9-11,16-17H,1,3-8H2,2H3. The first-order valence-electron chi connectivity index (χ1n) is 9.10. The lowest BCUT2D eigenvalue weighted by molar-refractivity contribution is -0.130. The van der Waals surface area contributed by atoms with Crippen molar-refractivity contribution >= 4 is 17.9 Å². The molecule has 0 N–H and O–H groups in total. The Labute approximate surface area is 162 Å². The van der Waals surface area contributed by atoms with Crippen LogP contribution in [0.5, 0.6) is 5.75 Å². The largest absolute Gasteiger partial charge is 0.432 e. The van der Waals surface area contributed by atoms with Gasteiger partial charge in [0.1, 0.15) is 5.75 Å². The van der Waals surface area contributed by atoms with Crippen molar-refractivity contribution in [1.82, 2.24) is 0 Å². The molecule has 2 saturated heterocycles. The second-order valence-electron chi connectivity index (χ2n) is 6.61. The number of carbonyl (C=O) groups excluding carboxylic acids is 3. The summed E-state index contributed by atoms with van der Waals surface area (Å²) in [6.07, 6.45) is 1.54. The molecule has 3 rings (SSSR count). The van der Waals surface area contributed by atoms with Crippen LogP contribution in [0.1, 0.15) is 53.3 Å². The molecule has 2 aliphatic rings. The summed E-state index contributed by atoms with van der Waals surface area (Å²) in [5.74, 6) is -2.05. The predicted molar refractivity (Wildman–Crippen MR) is 95.7 cm³/mol. The van der Waals surface area contributed by atoms with Crippen LogP contribution in [-0.2, 0) is 23.7 Å². The molecule has 0 aromatic heterocycles. The van der Waals surface area contributed by atoms with Gasteiger partial charge in [-0.15, -0.1) is 0 Å². The molecule has 0 amide bonds. The molecule has 2 heterocycles. The fraction of sp³-hybridized carbons (Fsp3) is 0.450. The summed E-state index contributed by atoms with van der Waals surface area (Å²) in [7, 11) is 0. The van der Waals surface area contributed by atoms with Gasteiger partial charge >= 0.3 is 17.9 Å². The van der Waals surface area contributed by atoms with Crippen LogP contribution in [0.25, 0.3) is 0 Å². The Hall–Kier alpha value is -2.71. The fourth-order valence-corrected chi connectivity index (χ4v) is 2.74. The van der Waals surface area contributed by atoms with Gasteiger partial charge in [-0.2, -0.15) is 0 Å². The lowest BCUT2D eigenvalue weighted by Gasteiger charge is -2.14. The van der Waals surface area contributed by atoms with Crippen molar-refractivity contribution in [2.24, 2.45) is 0 Å². The maximum Gasteiger partial charge on any atom is 0.340 e. The summed E-state index contributed by atoms with van der Waals surface area (Å²) in [5.41, 5.74) is 0.263. The Bertz CT molecular complexity index is 724. The van der Waals surface area contributed by atoms with Crippen molar-refractivity contribution < 1.29 is 38.1 Å². The van der Waals surface area contributed by atoms with Gasteiger partial charge in [0.2, 0.25) is 12.6 Å². The highest BCUT2D eigenvalue weighted by Crippen LogP contribution is 2.23. The maximum atomic E-state index is 12.5. The van der Waals surface area contributed by atoms with Crippen molar-refractivity contribution in [3.8, 4) is 5.75 Å². The average Bonchev–Trinajstić information content (AvgIpc) is 3.35. The average molecular weight is 390 g/mol. The Morgan fingerprint density at radius 2 is 1.43 bits per heavy atom. The van der Waals surface area contributed by atoms with E-state index in [4.69, 9.17) is 23.7 Å². The Morgan fingerprint density at radius 3 is 1.82 bits per heavy atom. The van der Waals surface area contributed by atoms with E-state index in [1.807, 2.05) is 0 Å². The fourth-order valence-electron chi connectivity index (χ4n) is 2.74. The molecule has 1 aromatic rings. The molecular formula is C20H22O8. The Balaban J connectivity index is 1.81. The molecule has 8 heteroatoms. The highest BCUT2D eigenvalue weighted by Gasteiger charge is 2.25. The van der Waals surface area contributed by atoms with E-state index in [9.17, 15) is 14.4 Å². The normalized spacial score (nSPS) is 21.2. The van der Waals surface area contributed by atoms with Crippen molar-refractivity contribution in [3.63, 3.8) is 0 Å². The van der Waals surface area contributed by atoms with Gasteiger partial charge in [0.05, 0.1) is 24.3 Å². The molecule has 0 aliphatic carbocycles. The zero-order valence-electron chi connectivity index (χ0n) is 15.6. The summed E-state index contributed by atoms with van der Waals surface area (Å²) in [4.78, 5) is 36.7. The number of rotatable bonds is 6. The molecule has 0 spiro atoms. The summed E-state index contributed by atoms with van der Waals surface area (Å²) in [5, 5.41) is 0. The van der Waals surface area contributed by atoms with Crippen LogP contribution in [0.2, 0.25) is 0 Å². The van der Waals surface area contributed by atoms with Gasteiger partial charge in [0.25, 0.3) is 0 Å². The quantitative estimate of drug-likeness (QED) is 0.415. The minimum Gasteiger partial charge on any atom is -0.432 e. The van der Waals surface area contributed by atoms with Crippen LogP contribution in [0.15, 0.2) is 30.4 Å². The van der Waals surface area contributed by atoms with Crippen LogP contribution in [0.3, 0.4) is 0 Å². The monoisotopic (exact) mass is 390 g/mol. The second-order valence-corrected chi connectivity index (χ2v) is 6.61. The second kappa shape index (κ2) is 8.99. The first-order valence-corrected chi connectivity index (χ1v) is 9.10. The Kier molecular flexibility index (Phi) is 6.43. The SMILES string of the molecule is C=C(C)C(=O)Oc1cc(C(=O)OC2CCCO2)cc(C(=O)OC2CCCO2)c1. The number of esters is 3. The van der Waals surface area contributed by atoms with E-state index in [-0.39, 0.29) is 22.4 Å². The zero-order chi connectivity index (χ0) is 20.1. The van der Waals surface area contributed by atoms with E-state index in [2.05, 4.69) is 6.58 Å². The van der Waals surface area contributed by atoms with Crippen molar-refractivity contribution in [2.45, 2.75) is 45.2 Å². The summed E-state index contributed by atoms with van der Waals surface area (Å²) in [6, 6.07) is 3.97. The number of hydrogen-bond acceptors (Lipinski definition) is 8. The van der Waals surface area contributed by atoms with E-state index >= 15 is 0 Å². The van der Waals surface area contributed by atoms with E-state index in [1.165, 1.54) is 25.1 Å². The Morgan fingerprint density at radius 1 is 0.929 bits per heavy atom. The molecule has 0 saturated carbocycles. The number of benzene rings is 1. The number of ether oxygens (including phenoxy) is 5. The zero-order valence-corrected chi connectivity index (χ0v) is 15.6. The van der Waals surface area contributed by atoms with E-state index in [0.29, 0.717) is 26.1 Å². The summed E-state index contributed by atoms with van der Waals surface area (Å²) >= 11 is 0. The van der Waals surface area contributed by atoms with Crippen LogP contribution in [0, 0.1) is 0 Å². The lowest BCUT2D eigenvalue weighted by Crippen LogP contribution is -2.19. The van der Waals surface area contributed by atoms with E-state index < -0.39 is 30.5 Å². The maximum absolute atomic E-state index is 12.5. The highest BCUT2D eigenvalue weighted by molar-refractivity contribution is 5.97. The third kappa shape index (κ3) is 5.17. The summed E-state index contributed by atoms with van der Waals surface area (Å²) < 4.78 is 26.3. The summed E-state index contributed by atoms with van der Waals surface area (Å²) in [6.45, 7) is 6.04. The molecule has 1 aromatic carbocycles. The van der Waals surface area contributed by atoms with Gasteiger partial charge in [0.15, 0.2) is 0 Å². The third-order valence-electron chi connectivity index (χ3n) is 4.19. The first kappa shape index (κ1) is 20.0. The van der Waals surface area contributed by atoms with Crippen LogP contribution in [0.4, 0.5) is 0 Å². The molecule has 8 nitrogen and oxygen atoms in total. The predicted octanol–water partition coefficient (Wildman–Crippen LogP) is 2.75. The van der Waals surface area contributed by atoms with Gasteiger partial charge in [-0.1, -0.05) is 6.58 Å². The molecule has 2 atom stereocenters. The van der Waals surface area contributed by atoms with Crippen molar-refractivity contribution in [2.75, 3.05) is 13.2 Å². The lowest BCUT2D eigenvalue weighted by atomic mass is 10.1. The van der Waals surface area contributed by atoms with Crippen LogP contribution in [-0.4, -0.2) is 43.7 Å². The minimum atomic E-state index is -0.689. The van der Waals surface area contributed by atoms with Gasteiger partial charge in [-0.3, -0.25) is 0 Å². The van der Waals surface area contributed by atoms with Crippen LogP contribution < -0.4 is 4.74 Å². The van der Waals surface area contributed by atoms with Crippen molar-refractivity contribution in [3.05, 3.63) is 41.5 Å². The van der Waals surface area contributed by atoms with Gasteiger partial charge < -0.3 is 23.7 Å². The first-order chi connectivity index (χ1) is 13.4. The smallest absolute Gasteiger partial charge is 0.340 e. The van der Waals surface area contributed by atoms with E-state index in [1.54, 1.807) is 0 Å². The highest BCUT2D eigenvalue weighted by atomic mass is 16.7. The number of carbonyl (C=O) groups is 3. The molecular weight excluding hydrogens is 368 g/mol.